The standard InChI is InChI=1S/C20H31N3O5S/c1-20(2)12-16-6-5-7-17(19(16)28-20)27-14-18(24)21-13-15-8-10-23(11-9-15)29(25,26)22(3)4/h5-7,15H,8-14H2,1-4H3,(H,21,24). The number of benzene rings is 1. The molecule has 1 fully saturated rings. The van der Waals surface area contributed by atoms with E-state index >= 15 is 0 Å². The van der Waals surface area contributed by atoms with E-state index in [1.165, 1.54) is 22.7 Å². The smallest absolute Gasteiger partial charge is 0.281 e. The van der Waals surface area contributed by atoms with Gasteiger partial charge in [-0.1, -0.05) is 12.1 Å². The zero-order chi connectivity index (χ0) is 21.2. The minimum Gasteiger partial charge on any atom is -0.483 e. The Labute approximate surface area is 173 Å². The highest BCUT2D eigenvalue weighted by Gasteiger charge is 2.32. The highest BCUT2D eigenvalue weighted by Crippen LogP contribution is 2.41. The van der Waals surface area contributed by atoms with E-state index in [0.29, 0.717) is 25.4 Å². The third kappa shape index (κ3) is 5.21. The predicted molar refractivity (Wildman–Crippen MR) is 110 cm³/mol. The van der Waals surface area contributed by atoms with Gasteiger partial charge in [0.2, 0.25) is 0 Å². The molecule has 3 rings (SSSR count). The molecule has 0 saturated carbocycles. The van der Waals surface area contributed by atoms with Crippen LogP contribution >= 0.6 is 0 Å². The SMILES string of the molecule is CN(C)S(=O)(=O)N1CCC(CNC(=O)COc2cccc3c2OC(C)(C)C3)CC1. The van der Waals surface area contributed by atoms with Crippen molar-refractivity contribution in [1.29, 1.82) is 0 Å². The molecule has 1 amide bonds. The average molecular weight is 426 g/mol. The lowest BCUT2D eigenvalue weighted by Crippen LogP contribution is -2.46. The van der Waals surface area contributed by atoms with Crippen LogP contribution in [0.1, 0.15) is 32.3 Å². The van der Waals surface area contributed by atoms with Gasteiger partial charge in [-0.3, -0.25) is 4.79 Å². The molecule has 0 radical (unpaired) electrons. The second-order valence-corrected chi connectivity index (χ2v) is 10.7. The molecule has 1 N–H and O–H groups in total. The number of hydrogen-bond acceptors (Lipinski definition) is 5. The largest absolute Gasteiger partial charge is 0.483 e. The number of amides is 1. The number of piperidine rings is 1. The summed E-state index contributed by atoms with van der Waals surface area (Å²) in [7, 11) is -0.285. The third-order valence-electron chi connectivity index (χ3n) is 5.36. The van der Waals surface area contributed by atoms with Gasteiger partial charge in [0.15, 0.2) is 18.1 Å². The van der Waals surface area contributed by atoms with Crippen LogP contribution in [0.4, 0.5) is 0 Å². The molecular formula is C20H31N3O5S. The molecule has 0 atom stereocenters. The number of nitrogens with one attached hydrogen (secondary N) is 1. The van der Waals surface area contributed by atoms with Crippen LogP contribution in [0.15, 0.2) is 18.2 Å². The quantitative estimate of drug-likeness (QED) is 0.714. The maximum absolute atomic E-state index is 12.2. The van der Waals surface area contributed by atoms with Crippen molar-refractivity contribution in [2.24, 2.45) is 5.92 Å². The van der Waals surface area contributed by atoms with Gasteiger partial charge in [-0.05, 0) is 38.7 Å². The van der Waals surface area contributed by atoms with Crippen LogP contribution in [0.25, 0.3) is 0 Å². The number of para-hydroxylation sites is 1. The fourth-order valence-electron chi connectivity index (χ4n) is 3.73. The molecule has 0 unspecified atom stereocenters. The number of nitrogens with zero attached hydrogens (tertiary/aromatic N) is 2. The van der Waals surface area contributed by atoms with Crippen LogP contribution in [0.2, 0.25) is 0 Å². The van der Waals surface area contributed by atoms with Crippen LogP contribution < -0.4 is 14.8 Å². The average Bonchev–Trinajstić information content (AvgIpc) is 2.99. The summed E-state index contributed by atoms with van der Waals surface area (Å²) < 4.78 is 38.7. The number of carbonyl (C=O) groups is 1. The second kappa shape index (κ2) is 8.49. The van der Waals surface area contributed by atoms with Crippen molar-refractivity contribution in [2.75, 3.05) is 40.3 Å². The Hall–Kier alpha value is -1.84. The van der Waals surface area contributed by atoms with Crippen molar-refractivity contribution < 1.29 is 22.7 Å². The molecular weight excluding hydrogens is 394 g/mol. The first-order chi connectivity index (χ1) is 13.6. The van der Waals surface area contributed by atoms with E-state index in [0.717, 1.165) is 30.6 Å². The summed E-state index contributed by atoms with van der Waals surface area (Å²) in [6.45, 7) is 5.45. The second-order valence-electron chi connectivity index (χ2n) is 8.51. The number of fused-ring (bicyclic) bond motifs is 1. The van der Waals surface area contributed by atoms with Gasteiger partial charge in [0.05, 0.1) is 0 Å². The topological polar surface area (TPSA) is 88.2 Å². The van der Waals surface area contributed by atoms with Crippen molar-refractivity contribution in [3.63, 3.8) is 0 Å². The van der Waals surface area contributed by atoms with E-state index in [1.807, 2.05) is 32.0 Å². The van der Waals surface area contributed by atoms with Crippen molar-refractivity contribution in [3.8, 4) is 11.5 Å². The molecule has 9 heteroatoms. The lowest BCUT2D eigenvalue weighted by molar-refractivity contribution is -0.123. The van der Waals surface area contributed by atoms with E-state index in [4.69, 9.17) is 9.47 Å². The molecule has 0 spiro atoms. The Morgan fingerprint density at radius 1 is 1.31 bits per heavy atom. The summed E-state index contributed by atoms with van der Waals surface area (Å²) >= 11 is 0. The molecule has 0 aliphatic carbocycles. The Kier molecular flexibility index (Phi) is 6.40. The minimum absolute atomic E-state index is 0.0753. The molecule has 8 nitrogen and oxygen atoms in total. The molecule has 2 aliphatic heterocycles. The Morgan fingerprint density at radius 3 is 2.66 bits per heavy atom. The van der Waals surface area contributed by atoms with E-state index in [1.54, 1.807) is 0 Å². The predicted octanol–water partition coefficient (Wildman–Crippen LogP) is 1.41. The van der Waals surface area contributed by atoms with Gasteiger partial charge < -0.3 is 14.8 Å². The summed E-state index contributed by atoms with van der Waals surface area (Å²) in [5, 5.41) is 2.90. The molecule has 0 bridgehead atoms. The summed E-state index contributed by atoms with van der Waals surface area (Å²) in [4.78, 5) is 12.2. The van der Waals surface area contributed by atoms with Gasteiger partial charge in [-0.15, -0.1) is 0 Å². The molecule has 1 aromatic rings. The van der Waals surface area contributed by atoms with E-state index in [2.05, 4.69) is 5.32 Å². The first-order valence-electron chi connectivity index (χ1n) is 9.96. The zero-order valence-electron chi connectivity index (χ0n) is 17.6. The van der Waals surface area contributed by atoms with Gasteiger partial charge in [-0.25, -0.2) is 0 Å². The lowest BCUT2D eigenvalue weighted by atomic mass is 9.98. The van der Waals surface area contributed by atoms with E-state index < -0.39 is 10.2 Å². The van der Waals surface area contributed by atoms with E-state index in [-0.39, 0.29) is 24.0 Å². The fraction of sp³-hybridized carbons (Fsp3) is 0.650. The number of rotatable bonds is 7. The monoisotopic (exact) mass is 425 g/mol. The lowest BCUT2D eigenvalue weighted by Gasteiger charge is -2.32. The zero-order valence-corrected chi connectivity index (χ0v) is 18.4. The van der Waals surface area contributed by atoms with Crippen LogP contribution in [0.3, 0.4) is 0 Å². The third-order valence-corrected chi connectivity index (χ3v) is 7.30. The summed E-state index contributed by atoms with van der Waals surface area (Å²) in [6, 6.07) is 5.74. The van der Waals surface area contributed by atoms with Gasteiger partial charge in [0.25, 0.3) is 16.1 Å². The minimum atomic E-state index is -3.36. The highest BCUT2D eigenvalue weighted by molar-refractivity contribution is 7.86. The van der Waals surface area contributed by atoms with Crippen molar-refractivity contribution >= 4 is 16.1 Å². The van der Waals surface area contributed by atoms with Crippen LogP contribution in [0, 0.1) is 5.92 Å². The number of ether oxygens (including phenoxy) is 2. The van der Waals surface area contributed by atoms with Crippen molar-refractivity contribution in [3.05, 3.63) is 23.8 Å². The summed E-state index contributed by atoms with van der Waals surface area (Å²) in [5.41, 5.74) is 0.825. The molecule has 0 aromatic heterocycles. The van der Waals surface area contributed by atoms with E-state index in [9.17, 15) is 13.2 Å². The summed E-state index contributed by atoms with van der Waals surface area (Å²) in [5.74, 6) is 1.38. The van der Waals surface area contributed by atoms with Gasteiger partial charge in [0.1, 0.15) is 5.60 Å². The van der Waals surface area contributed by atoms with Crippen molar-refractivity contribution in [2.45, 2.75) is 38.7 Å². The molecule has 2 aliphatic rings. The number of hydrogen-bond donors (Lipinski definition) is 1. The van der Waals surface area contributed by atoms with Crippen LogP contribution in [-0.2, 0) is 21.4 Å². The first-order valence-corrected chi connectivity index (χ1v) is 11.4. The van der Waals surface area contributed by atoms with Crippen LogP contribution in [-0.4, -0.2) is 68.9 Å². The molecule has 1 aromatic carbocycles. The maximum atomic E-state index is 12.2. The van der Waals surface area contributed by atoms with Gasteiger partial charge in [0, 0.05) is 45.7 Å². The van der Waals surface area contributed by atoms with Crippen molar-refractivity contribution in [1.82, 2.24) is 13.9 Å². The summed E-state index contributed by atoms with van der Waals surface area (Å²) in [6.07, 6.45) is 2.26. The Bertz CT molecular complexity index is 846. The Morgan fingerprint density at radius 2 is 2.00 bits per heavy atom. The number of carbonyl (C=O) groups excluding carboxylic acids is 1. The molecule has 1 saturated heterocycles. The first kappa shape index (κ1) is 21.9. The fourth-order valence-corrected chi connectivity index (χ4v) is 4.86. The van der Waals surface area contributed by atoms with Gasteiger partial charge in [-0.2, -0.15) is 17.0 Å². The van der Waals surface area contributed by atoms with Gasteiger partial charge >= 0.3 is 0 Å². The normalized spacial score (nSPS) is 19.6. The highest BCUT2D eigenvalue weighted by atomic mass is 32.2. The molecule has 162 valence electrons. The Balaban J connectivity index is 1.43. The maximum Gasteiger partial charge on any atom is 0.281 e. The molecule has 29 heavy (non-hydrogen) atoms. The molecule has 2 heterocycles. The van der Waals surface area contributed by atoms with Crippen LogP contribution in [0.5, 0.6) is 11.5 Å².